The van der Waals surface area contributed by atoms with Gasteiger partial charge in [-0.15, -0.1) is 0 Å². The number of hydrogen-bond donors (Lipinski definition) is 1. The van der Waals surface area contributed by atoms with Crippen LogP contribution in [0.2, 0.25) is 0 Å². The van der Waals surface area contributed by atoms with Gasteiger partial charge in [0.2, 0.25) is 0 Å². The van der Waals surface area contributed by atoms with Gasteiger partial charge in [-0.05, 0) is 36.6 Å². The topological polar surface area (TPSA) is 49.8 Å². The van der Waals surface area contributed by atoms with Crippen LogP contribution in [-0.4, -0.2) is 36.2 Å². The van der Waals surface area contributed by atoms with E-state index in [-0.39, 0.29) is 0 Å². The van der Waals surface area contributed by atoms with Crippen LogP contribution >= 0.6 is 0 Å². The predicted molar refractivity (Wildman–Crippen MR) is 68.6 cm³/mol. The molecule has 1 N–H and O–H groups in total. The Hall–Kier alpha value is -1.55. The lowest BCUT2D eigenvalue weighted by molar-refractivity contribution is -0.138. The van der Waals surface area contributed by atoms with Gasteiger partial charge in [0, 0.05) is 19.5 Å². The fourth-order valence-electron chi connectivity index (χ4n) is 2.46. The van der Waals surface area contributed by atoms with E-state index in [2.05, 4.69) is 17.0 Å². The van der Waals surface area contributed by atoms with Gasteiger partial charge in [0.05, 0.1) is 7.11 Å². The van der Waals surface area contributed by atoms with Gasteiger partial charge in [0.15, 0.2) is 0 Å². The molecule has 4 heteroatoms. The molecule has 0 bridgehead atoms. The van der Waals surface area contributed by atoms with Crippen molar-refractivity contribution in [1.82, 2.24) is 4.90 Å². The van der Waals surface area contributed by atoms with E-state index in [1.165, 1.54) is 5.56 Å². The van der Waals surface area contributed by atoms with Crippen molar-refractivity contribution < 1.29 is 14.6 Å². The molecule has 1 aromatic carbocycles. The highest BCUT2D eigenvalue weighted by molar-refractivity contribution is 5.67. The quantitative estimate of drug-likeness (QED) is 0.867. The lowest BCUT2D eigenvalue weighted by Gasteiger charge is -2.15. The molecule has 4 nitrogen and oxygen atoms in total. The summed E-state index contributed by atoms with van der Waals surface area (Å²) < 4.78 is 5.12. The summed E-state index contributed by atoms with van der Waals surface area (Å²) in [7, 11) is 1.66. The van der Waals surface area contributed by atoms with Crippen LogP contribution in [0.3, 0.4) is 0 Å². The molecule has 0 aromatic heterocycles. The highest BCUT2D eigenvalue weighted by Crippen LogP contribution is 2.22. The summed E-state index contributed by atoms with van der Waals surface area (Å²) in [6.07, 6.45) is 1.28. The molecule has 1 aliphatic rings. The predicted octanol–water partition coefficient (Wildman–Crippen LogP) is 1.99. The Morgan fingerprint density at radius 3 is 2.78 bits per heavy atom. The minimum Gasteiger partial charge on any atom is -0.497 e. The molecule has 1 fully saturated rings. The number of methoxy groups -OCH3 is 1. The highest BCUT2D eigenvalue weighted by Gasteiger charge is 2.24. The highest BCUT2D eigenvalue weighted by atomic mass is 16.5. The lowest BCUT2D eigenvalue weighted by atomic mass is 10.1. The molecule has 1 atom stereocenters. The van der Waals surface area contributed by atoms with Crippen molar-refractivity contribution in [2.24, 2.45) is 5.92 Å². The average Bonchev–Trinajstić information content (AvgIpc) is 2.76. The summed E-state index contributed by atoms with van der Waals surface area (Å²) in [4.78, 5) is 13.0. The van der Waals surface area contributed by atoms with Gasteiger partial charge in [-0.1, -0.05) is 12.1 Å². The maximum atomic E-state index is 10.7. The van der Waals surface area contributed by atoms with Crippen LogP contribution in [0.5, 0.6) is 5.75 Å². The molecule has 1 unspecified atom stereocenters. The first-order valence-corrected chi connectivity index (χ1v) is 6.24. The minimum absolute atomic E-state index is 0.291. The van der Waals surface area contributed by atoms with E-state index in [1.807, 2.05) is 12.1 Å². The van der Waals surface area contributed by atoms with Gasteiger partial charge < -0.3 is 9.84 Å². The van der Waals surface area contributed by atoms with Gasteiger partial charge in [0.25, 0.3) is 0 Å². The first-order valence-electron chi connectivity index (χ1n) is 6.24. The number of carboxylic acids is 1. The van der Waals surface area contributed by atoms with Crippen molar-refractivity contribution in [3.63, 3.8) is 0 Å². The Kier molecular flexibility index (Phi) is 4.20. The molecule has 1 saturated heterocycles. The standard InChI is InChI=1S/C14H19NO3/c1-18-13-4-2-11(3-5-13)9-15-7-6-12(10-15)8-14(16)17/h2-5,12H,6-10H2,1H3,(H,16,17). The van der Waals surface area contributed by atoms with Crippen LogP contribution in [-0.2, 0) is 11.3 Å². The Balaban J connectivity index is 1.85. The number of nitrogens with zero attached hydrogens (tertiary/aromatic N) is 1. The van der Waals surface area contributed by atoms with Gasteiger partial charge in [-0.2, -0.15) is 0 Å². The van der Waals surface area contributed by atoms with Gasteiger partial charge in [0.1, 0.15) is 5.75 Å². The van der Waals surface area contributed by atoms with Crippen LogP contribution in [0.1, 0.15) is 18.4 Å². The van der Waals surface area contributed by atoms with Crippen molar-refractivity contribution in [2.75, 3.05) is 20.2 Å². The van der Waals surface area contributed by atoms with Crippen LogP contribution in [0, 0.1) is 5.92 Å². The van der Waals surface area contributed by atoms with E-state index >= 15 is 0 Å². The molecule has 0 saturated carbocycles. The van der Waals surface area contributed by atoms with E-state index < -0.39 is 5.97 Å². The van der Waals surface area contributed by atoms with Gasteiger partial charge in [-0.3, -0.25) is 9.69 Å². The second-order valence-corrected chi connectivity index (χ2v) is 4.84. The smallest absolute Gasteiger partial charge is 0.303 e. The molecule has 2 rings (SSSR count). The number of aliphatic carboxylic acids is 1. The SMILES string of the molecule is COc1ccc(CN2CCC(CC(=O)O)C2)cc1. The number of benzene rings is 1. The van der Waals surface area contributed by atoms with Crippen LogP contribution in [0.4, 0.5) is 0 Å². The number of hydrogen-bond acceptors (Lipinski definition) is 3. The van der Waals surface area contributed by atoms with E-state index in [1.54, 1.807) is 7.11 Å². The maximum absolute atomic E-state index is 10.7. The van der Waals surface area contributed by atoms with E-state index in [4.69, 9.17) is 9.84 Å². The maximum Gasteiger partial charge on any atom is 0.303 e. The van der Waals surface area contributed by atoms with Crippen molar-refractivity contribution in [1.29, 1.82) is 0 Å². The first kappa shape index (κ1) is 12.9. The van der Waals surface area contributed by atoms with Crippen LogP contribution in [0.15, 0.2) is 24.3 Å². The van der Waals surface area contributed by atoms with Gasteiger partial charge >= 0.3 is 5.97 Å². The fraction of sp³-hybridized carbons (Fsp3) is 0.500. The van der Waals surface area contributed by atoms with E-state index in [0.29, 0.717) is 12.3 Å². The Morgan fingerprint density at radius 1 is 1.44 bits per heavy atom. The zero-order valence-electron chi connectivity index (χ0n) is 10.6. The average molecular weight is 249 g/mol. The zero-order chi connectivity index (χ0) is 13.0. The molecular weight excluding hydrogens is 230 g/mol. The van der Waals surface area contributed by atoms with Gasteiger partial charge in [-0.25, -0.2) is 0 Å². The number of likely N-dealkylation sites (tertiary alicyclic amines) is 1. The Morgan fingerprint density at radius 2 is 2.17 bits per heavy atom. The number of carboxylic acid groups (broad SMARTS) is 1. The van der Waals surface area contributed by atoms with Crippen LogP contribution < -0.4 is 4.74 Å². The molecule has 0 aliphatic carbocycles. The molecule has 0 radical (unpaired) electrons. The first-order chi connectivity index (χ1) is 8.67. The Labute approximate surface area is 107 Å². The summed E-state index contributed by atoms with van der Waals surface area (Å²) in [6.45, 7) is 2.77. The summed E-state index contributed by atoms with van der Waals surface area (Å²) in [5.41, 5.74) is 1.24. The number of rotatable bonds is 5. The van der Waals surface area contributed by atoms with Crippen molar-refractivity contribution in [3.05, 3.63) is 29.8 Å². The van der Waals surface area contributed by atoms with Crippen molar-refractivity contribution in [2.45, 2.75) is 19.4 Å². The molecular formula is C14H19NO3. The summed E-state index contributed by atoms with van der Waals surface area (Å²) in [5, 5.41) is 8.78. The zero-order valence-corrected chi connectivity index (χ0v) is 10.6. The monoisotopic (exact) mass is 249 g/mol. The molecule has 1 aliphatic heterocycles. The second kappa shape index (κ2) is 5.87. The largest absolute Gasteiger partial charge is 0.497 e. The molecule has 18 heavy (non-hydrogen) atoms. The normalized spacial score (nSPS) is 19.9. The third-order valence-electron chi connectivity index (χ3n) is 3.40. The fourth-order valence-corrected chi connectivity index (χ4v) is 2.46. The van der Waals surface area contributed by atoms with Crippen molar-refractivity contribution in [3.8, 4) is 5.75 Å². The summed E-state index contributed by atoms with van der Waals surface area (Å²) in [6, 6.07) is 8.03. The molecule has 1 aromatic rings. The third-order valence-corrected chi connectivity index (χ3v) is 3.40. The third kappa shape index (κ3) is 3.47. The van der Waals surface area contributed by atoms with Crippen molar-refractivity contribution >= 4 is 5.97 Å². The summed E-state index contributed by atoms with van der Waals surface area (Å²) in [5.74, 6) is 0.482. The number of ether oxygens (including phenoxy) is 1. The molecule has 0 spiro atoms. The number of carbonyl (C=O) groups is 1. The minimum atomic E-state index is -0.689. The molecule has 1 heterocycles. The van der Waals surface area contributed by atoms with E-state index in [9.17, 15) is 4.79 Å². The summed E-state index contributed by atoms with van der Waals surface area (Å²) >= 11 is 0. The molecule has 98 valence electrons. The van der Waals surface area contributed by atoms with Crippen LogP contribution in [0.25, 0.3) is 0 Å². The lowest BCUT2D eigenvalue weighted by Crippen LogP contribution is -2.20. The molecule has 0 amide bonds. The van der Waals surface area contributed by atoms with E-state index in [0.717, 1.165) is 31.8 Å². The Bertz CT molecular complexity index is 402. The second-order valence-electron chi connectivity index (χ2n) is 4.84.